The van der Waals surface area contributed by atoms with E-state index in [1.165, 1.54) is 11.1 Å². The Hall–Kier alpha value is 0.180. The zero-order valence-corrected chi connectivity index (χ0v) is 14.1. The molecule has 1 aromatic rings. The number of benzene rings is 1. The van der Waals surface area contributed by atoms with E-state index in [-0.39, 0.29) is 0 Å². The Bertz CT molecular complexity index is 323. The van der Waals surface area contributed by atoms with E-state index in [0.29, 0.717) is 11.3 Å². The summed E-state index contributed by atoms with van der Waals surface area (Å²) >= 11 is 7.38. The van der Waals surface area contributed by atoms with Crippen LogP contribution in [-0.2, 0) is 12.8 Å². The summed E-state index contributed by atoms with van der Waals surface area (Å²) in [6.07, 6.45) is 2.25. The van der Waals surface area contributed by atoms with Crippen LogP contribution >= 0.6 is 31.9 Å². The minimum absolute atomic E-state index is 0.313. The van der Waals surface area contributed by atoms with E-state index in [0.717, 1.165) is 23.5 Å². The molecule has 96 valence electrons. The van der Waals surface area contributed by atoms with Gasteiger partial charge < -0.3 is 0 Å². The van der Waals surface area contributed by atoms with Gasteiger partial charge in [-0.25, -0.2) is 0 Å². The van der Waals surface area contributed by atoms with Crippen LogP contribution in [0.25, 0.3) is 0 Å². The molecule has 0 bridgehead atoms. The molecule has 0 unspecified atom stereocenters. The van der Waals surface area contributed by atoms with Crippen LogP contribution in [0.4, 0.5) is 0 Å². The SMILES string of the molecule is CCc1ccc(CC(CBr)(CBr)C(C)C)cc1. The molecule has 2 heteroatoms. The van der Waals surface area contributed by atoms with E-state index >= 15 is 0 Å². The van der Waals surface area contributed by atoms with Gasteiger partial charge in [0.05, 0.1) is 0 Å². The number of aryl methyl sites for hydroxylation is 1. The summed E-state index contributed by atoms with van der Waals surface area (Å²) in [5, 5.41) is 2.08. The summed E-state index contributed by atoms with van der Waals surface area (Å²) in [5.41, 5.74) is 3.17. The Morgan fingerprint density at radius 2 is 1.47 bits per heavy atom. The fourth-order valence-electron chi connectivity index (χ4n) is 1.94. The van der Waals surface area contributed by atoms with Gasteiger partial charge in [-0.3, -0.25) is 0 Å². The average molecular weight is 362 g/mol. The first-order valence-corrected chi connectivity index (χ1v) is 8.52. The van der Waals surface area contributed by atoms with Crippen molar-refractivity contribution in [1.82, 2.24) is 0 Å². The van der Waals surface area contributed by atoms with Crippen molar-refractivity contribution < 1.29 is 0 Å². The first-order valence-electron chi connectivity index (χ1n) is 6.27. The van der Waals surface area contributed by atoms with Crippen LogP contribution in [0, 0.1) is 11.3 Å². The Morgan fingerprint density at radius 3 is 1.82 bits per heavy atom. The van der Waals surface area contributed by atoms with Gasteiger partial charge in [0.15, 0.2) is 0 Å². The summed E-state index contributed by atoms with van der Waals surface area (Å²) in [6, 6.07) is 9.06. The predicted octanol–water partition coefficient (Wildman–Crippen LogP) is 5.22. The predicted molar refractivity (Wildman–Crippen MR) is 84.4 cm³/mol. The summed E-state index contributed by atoms with van der Waals surface area (Å²) in [7, 11) is 0. The molecule has 1 aromatic carbocycles. The van der Waals surface area contributed by atoms with Crippen molar-refractivity contribution in [3.63, 3.8) is 0 Å². The molecule has 0 atom stereocenters. The molecule has 0 saturated heterocycles. The molecule has 17 heavy (non-hydrogen) atoms. The molecular weight excluding hydrogens is 340 g/mol. The maximum atomic E-state index is 3.69. The van der Waals surface area contributed by atoms with Gasteiger partial charge in [0.25, 0.3) is 0 Å². The maximum absolute atomic E-state index is 3.69. The highest BCUT2D eigenvalue weighted by atomic mass is 79.9. The molecule has 0 aliphatic heterocycles. The van der Waals surface area contributed by atoms with Crippen LogP contribution in [0.1, 0.15) is 31.9 Å². The van der Waals surface area contributed by atoms with Crippen LogP contribution in [0.3, 0.4) is 0 Å². The summed E-state index contributed by atoms with van der Waals surface area (Å²) in [6.45, 7) is 6.82. The summed E-state index contributed by atoms with van der Waals surface area (Å²) < 4.78 is 0. The molecule has 0 spiro atoms. The smallest absolute Gasteiger partial charge is 0.0102 e. The quantitative estimate of drug-likeness (QED) is 0.609. The highest BCUT2D eigenvalue weighted by molar-refractivity contribution is 9.09. The molecule has 0 aliphatic carbocycles. The third-order valence-electron chi connectivity index (χ3n) is 3.74. The first kappa shape index (κ1) is 15.2. The van der Waals surface area contributed by atoms with E-state index < -0.39 is 0 Å². The molecule has 0 N–H and O–H groups in total. The normalized spacial score (nSPS) is 12.1. The van der Waals surface area contributed by atoms with Crippen molar-refractivity contribution in [3.8, 4) is 0 Å². The van der Waals surface area contributed by atoms with Crippen molar-refractivity contribution in [2.45, 2.75) is 33.6 Å². The Labute approximate surface area is 122 Å². The minimum atomic E-state index is 0.313. The third-order valence-corrected chi connectivity index (χ3v) is 5.98. The standard InChI is InChI=1S/C15H22Br2/c1-4-13-5-7-14(8-6-13)9-15(10-16,11-17)12(2)3/h5-8,12H,4,9-11H2,1-3H3. The lowest BCUT2D eigenvalue weighted by molar-refractivity contribution is 0.268. The van der Waals surface area contributed by atoms with Gasteiger partial charge in [-0.2, -0.15) is 0 Å². The monoisotopic (exact) mass is 360 g/mol. The van der Waals surface area contributed by atoms with Gasteiger partial charge in [-0.05, 0) is 35.3 Å². The lowest BCUT2D eigenvalue weighted by atomic mass is 9.76. The highest BCUT2D eigenvalue weighted by Crippen LogP contribution is 2.35. The molecule has 0 aliphatic rings. The fraction of sp³-hybridized carbons (Fsp3) is 0.600. The number of hydrogen-bond donors (Lipinski definition) is 0. The Balaban J connectivity index is 2.85. The van der Waals surface area contributed by atoms with Crippen molar-refractivity contribution in [3.05, 3.63) is 35.4 Å². The third kappa shape index (κ3) is 3.82. The number of hydrogen-bond acceptors (Lipinski definition) is 0. The molecule has 0 aromatic heterocycles. The van der Waals surface area contributed by atoms with Crippen molar-refractivity contribution in [2.75, 3.05) is 10.7 Å². The van der Waals surface area contributed by atoms with Gasteiger partial charge in [0.2, 0.25) is 0 Å². The van der Waals surface area contributed by atoms with Crippen LogP contribution in [0.15, 0.2) is 24.3 Å². The van der Waals surface area contributed by atoms with Gasteiger partial charge >= 0.3 is 0 Å². The molecule has 0 nitrogen and oxygen atoms in total. The first-order chi connectivity index (χ1) is 8.07. The van der Waals surface area contributed by atoms with E-state index in [1.54, 1.807) is 0 Å². The summed E-state index contributed by atoms with van der Waals surface area (Å²) in [4.78, 5) is 0. The largest absolute Gasteiger partial charge is 0.0921 e. The van der Waals surface area contributed by atoms with Crippen molar-refractivity contribution >= 4 is 31.9 Å². The van der Waals surface area contributed by atoms with Crippen LogP contribution < -0.4 is 0 Å². The van der Waals surface area contributed by atoms with Gasteiger partial charge in [-0.1, -0.05) is 76.9 Å². The lowest BCUT2D eigenvalue weighted by Gasteiger charge is -2.34. The maximum Gasteiger partial charge on any atom is 0.0102 e. The van der Waals surface area contributed by atoms with Gasteiger partial charge in [-0.15, -0.1) is 0 Å². The van der Waals surface area contributed by atoms with Crippen LogP contribution in [0.5, 0.6) is 0 Å². The summed E-state index contributed by atoms with van der Waals surface area (Å²) in [5.74, 6) is 0.659. The average Bonchev–Trinajstić information content (AvgIpc) is 2.36. The molecule has 0 amide bonds. The van der Waals surface area contributed by atoms with Crippen LogP contribution in [-0.4, -0.2) is 10.7 Å². The van der Waals surface area contributed by atoms with Crippen molar-refractivity contribution in [2.24, 2.45) is 11.3 Å². The van der Waals surface area contributed by atoms with E-state index in [1.807, 2.05) is 0 Å². The minimum Gasteiger partial charge on any atom is -0.0921 e. The van der Waals surface area contributed by atoms with Gasteiger partial charge in [0.1, 0.15) is 0 Å². The second kappa shape index (κ2) is 6.94. The zero-order valence-electron chi connectivity index (χ0n) is 11.0. The zero-order chi connectivity index (χ0) is 12.9. The van der Waals surface area contributed by atoms with E-state index in [4.69, 9.17) is 0 Å². The molecule has 0 saturated carbocycles. The van der Waals surface area contributed by atoms with E-state index in [9.17, 15) is 0 Å². The lowest BCUT2D eigenvalue weighted by Crippen LogP contribution is -2.33. The van der Waals surface area contributed by atoms with Crippen LogP contribution in [0.2, 0.25) is 0 Å². The number of rotatable bonds is 6. The number of alkyl halides is 2. The molecular formula is C15H22Br2. The second-order valence-electron chi connectivity index (χ2n) is 5.13. The van der Waals surface area contributed by atoms with Gasteiger partial charge in [0, 0.05) is 10.7 Å². The second-order valence-corrected chi connectivity index (χ2v) is 6.25. The highest BCUT2D eigenvalue weighted by Gasteiger charge is 2.31. The molecule has 0 fully saturated rings. The fourth-order valence-corrected chi connectivity index (χ4v) is 4.56. The topological polar surface area (TPSA) is 0 Å². The molecule has 1 rings (SSSR count). The number of halogens is 2. The van der Waals surface area contributed by atoms with E-state index in [2.05, 4.69) is 76.9 Å². The molecule has 0 radical (unpaired) electrons. The Morgan fingerprint density at radius 1 is 1.00 bits per heavy atom. The van der Waals surface area contributed by atoms with Crippen molar-refractivity contribution in [1.29, 1.82) is 0 Å². The molecule has 0 heterocycles. The Kier molecular flexibility index (Phi) is 6.22.